The first kappa shape index (κ1) is 15.3. The lowest BCUT2D eigenvalue weighted by molar-refractivity contribution is -0.151. The van der Waals surface area contributed by atoms with Crippen molar-refractivity contribution in [3.63, 3.8) is 0 Å². The second-order valence-electron chi connectivity index (χ2n) is 6.51. The molecule has 0 spiro atoms. The predicted molar refractivity (Wildman–Crippen MR) is 80.3 cm³/mol. The Hall–Kier alpha value is -1.06. The third-order valence-corrected chi connectivity index (χ3v) is 3.66. The highest BCUT2D eigenvalue weighted by molar-refractivity contribution is 5.49. The predicted octanol–water partition coefficient (Wildman–Crippen LogP) is 3.91. The van der Waals surface area contributed by atoms with Crippen LogP contribution in [-0.4, -0.2) is 19.8 Å². The van der Waals surface area contributed by atoms with Gasteiger partial charge in [0.15, 0.2) is 5.79 Å². The monoisotopic (exact) mass is 278 g/mol. The lowest BCUT2D eigenvalue weighted by Gasteiger charge is -2.30. The molecular weight excluding hydrogens is 252 g/mol. The van der Waals surface area contributed by atoms with Crippen molar-refractivity contribution in [1.82, 2.24) is 0 Å². The van der Waals surface area contributed by atoms with Crippen molar-refractivity contribution >= 4 is 0 Å². The Morgan fingerprint density at radius 1 is 1.20 bits per heavy atom. The Morgan fingerprint density at radius 3 is 2.30 bits per heavy atom. The molecule has 112 valence electrons. The van der Waals surface area contributed by atoms with Crippen LogP contribution in [-0.2, 0) is 20.7 Å². The SMILES string of the molecule is CCOc1c(C(C)(C)C)cc(C)cc1C1(C)OCCO1. The first-order chi connectivity index (χ1) is 9.28. The van der Waals surface area contributed by atoms with Crippen LogP contribution >= 0.6 is 0 Å². The maximum Gasteiger partial charge on any atom is 0.195 e. The molecule has 3 nitrogen and oxygen atoms in total. The van der Waals surface area contributed by atoms with E-state index in [9.17, 15) is 0 Å². The molecule has 1 aliphatic rings. The molecule has 0 radical (unpaired) electrons. The first-order valence-electron chi connectivity index (χ1n) is 7.34. The maximum absolute atomic E-state index is 5.97. The molecule has 1 fully saturated rings. The van der Waals surface area contributed by atoms with Gasteiger partial charge in [-0.2, -0.15) is 0 Å². The van der Waals surface area contributed by atoms with Crippen LogP contribution in [0, 0.1) is 6.92 Å². The molecule has 1 aromatic carbocycles. The molecule has 1 aromatic rings. The topological polar surface area (TPSA) is 27.7 Å². The van der Waals surface area contributed by atoms with Gasteiger partial charge < -0.3 is 14.2 Å². The fourth-order valence-electron chi connectivity index (χ4n) is 2.64. The van der Waals surface area contributed by atoms with E-state index in [1.54, 1.807) is 0 Å². The Balaban J connectivity index is 2.63. The summed E-state index contributed by atoms with van der Waals surface area (Å²) in [7, 11) is 0. The number of aryl methyl sites for hydroxylation is 1. The average Bonchev–Trinajstić information content (AvgIpc) is 2.78. The van der Waals surface area contributed by atoms with Crippen molar-refractivity contribution < 1.29 is 14.2 Å². The summed E-state index contributed by atoms with van der Waals surface area (Å²) in [5.41, 5.74) is 3.42. The summed E-state index contributed by atoms with van der Waals surface area (Å²) in [5, 5.41) is 0. The van der Waals surface area contributed by atoms with Crippen molar-refractivity contribution in [1.29, 1.82) is 0 Å². The van der Waals surface area contributed by atoms with Crippen LogP contribution in [0.25, 0.3) is 0 Å². The van der Waals surface area contributed by atoms with Gasteiger partial charge in [-0.25, -0.2) is 0 Å². The number of hydrogen-bond acceptors (Lipinski definition) is 3. The summed E-state index contributed by atoms with van der Waals surface area (Å²) in [6.45, 7) is 14.6. The fourth-order valence-corrected chi connectivity index (χ4v) is 2.64. The zero-order valence-electron chi connectivity index (χ0n) is 13.5. The summed E-state index contributed by atoms with van der Waals surface area (Å²) in [5.74, 6) is 0.214. The van der Waals surface area contributed by atoms with E-state index in [2.05, 4.69) is 39.8 Å². The highest BCUT2D eigenvalue weighted by Gasteiger charge is 2.38. The van der Waals surface area contributed by atoms with Gasteiger partial charge >= 0.3 is 0 Å². The van der Waals surface area contributed by atoms with Crippen LogP contribution < -0.4 is 4.74 Å². The molecule has 1 heterocycles. The Morgan fingerprint density at radius 2 is 1.80 bits per heavy atom. The van der Waals surface area contributed by atoms with Gasteiger partial charge in [0.2, 0.25) is 0 Å². The third kappa shape index (κ3) is 2.84. The smallest absolute Gasteiger partial charge is 0.195 e. The quantitative estimate of drug-likeness (QED) is 0.839. The summed E-state index contributed by atoms with van der Waals surface area (Å²) in [4.78, 5) is 0. The normalized spacial score (nSPS) is 18.3. The molecule has 0 aliphatic carbocycles. The molecule has 0 N–H and O–H groups in total. The van der Waals surface area contributed by atoms with E-state index in [0.29, 0.717) is 19.8 Å². The largest absolute Gasteiger partial charge is 0.493 e. The minimum Gasteiger partial charge on any atom is -0.493 e. The van der Waals surface area contributed by atoms with Gasteiger partial charge in [0.25, 0.3) is 0 Å². The molecule has 2 rings (SSSR count). The molecule has 3 heteroatoms. The standard InChI is InChI=1S/C17H26O3/c1-7-18-15-13(16(3,4)5)10-12(2)11-14(15)17(6)19-8-9-20-17/h10-11H,7-9H2,1-6H3. The number of benzene rings is 1. The molecule has 0 aromatic heterocycles. The molecular formula is C17H26O3. The second-order valence-corrected chi connectivity index (χ2v) is 6.51. The van der Waals surface area contributed by atoms with E-state index in [0.717, 1.165) is 11.3 Å². The lowest BCUT2D eigenvalue weighted by Crippen LogP contribution is -2.26. The molecule has 0 saturated carbocycles. The number of ether oxygens (including phenoxy) is 3. The summed E-state index contributed by atoms with van der Waals surface area (Å²) in [6, 6.07) is 4.32. The van der Waals surface area contributed by atoms with Gasteiger partial charge in [-0.05, 0) is 32.3 Å². The number of hydrogen-bond donors (Lipinski definition) is 0. The van der Waals surface area contributed by atoms with Crippen LogP contribution in [0.15, 0.2) is 12.1 Å². The third-order valence-electron chi connectivity index (χ3n) is 3.66. The van der Waals surface area contributed by atoms with Crippen LogP contribution in [0.1, 0.15) is 51.3 Å². The van der Waals surface area contributed by atoms with E-state index in [1.165, 1.54) is 11.1 Å². The lowest BCUT2D eigenvalue weighted by atomic mass is 9.83. The summed E-state index contributed by atoms with van der Waals surface area (Å²) in [6.07, 6.45) is 0. The van der Waals surface area contributed by atoms with E-state index < -0.39 is 5.79 Å². The van der Waals surface area contributed by atoms with Crippen LogP contribution in [0.2, 0.25) is 0 Å². The van der Waals surface area contributed by atoms with Gasteiger partial charge in [0, 0.05) is 5.56 Å². The van der Waals surface area contributed by atoms with Crippen LogP contribution in [0.3, 0.4) is 0 Å². The minimum atomic E-state index is -0.698. The molecule has 1 saturated heterocycles. The molecule has 0 atom stereocenters. The fraction of sp³-hybridized carbons (Fsp3) is 0.647. The number of rotatable bonds is 3. The van der Waals surface area contributed by atoms with E-state index >= 15 is 0 Å². The van der Waals surface area contributed by atoms with E-state index in [1.807, 2.05) is 13.8 Å². The molecule has 20 heavy (non-hydrogen) atoms. The molecule has 0 bridgehead atoms. The average molecular weight is 278 g/mol. The van der Waals surface area contributed by atoms with Gasteiger partial charge in [0.1, 0.15) is 5.75 Å². The van der Waals surface area contributed by atoms with Gasteiger partial charge in [-0.3, -0.25) is 0 Å². The highest BCUT2D eigenvalue weighted by Crippen LogP contribution is 2.43. The van der Waals surface area contributed by atoms with Crippen LogP contribution in [0.5, 0.6) is 5.75 Å². The Labute approximate surface area is 122 Å². The van der Waals surface area contributed by atoms with E-state index in [-0.39, 0.29) is 5.41 Å². The minimum absolute atomic E-state index is 0.0141. The van der Waals surface area contributed by atoms with Crippen molar-refractivity contribution in [3.05, 3.63) is 28.8 Å². The van der Waals surface area contributed by atoms with Crippen molar-refractivity contribution in [2.24, 2.45) is 0 Å². The van der Waals surface area contributed by atoms with Crippen molar-refractivity contribution in [2.45, 2.75) is 52.7 Å². The Kier molecular flexibility index (Phi) is 4.12. The zero-order valence-corrected chi connectivity index (χ0v) is 13.5. The molecule has 0 amide bonds. The summed E-state index contributed by atoms with van der Waals surface area (Å²) < 4.78 is 17.6. The molecule has 1 aliphatic heterocycles. The van der Waals surface area contributed by atoms with Crippen molar-refractivity contribution in [3.8, 4) is 5.75 Å². The maximum atomic E-state index is 5.97. The first-order valence-corrected chi connectivity index (χ1v) is 7.34. The van der Waals surface area contributed by atoms with Crippen LogP contribution in [0.4, 0.5) is 0 Å². The summed E-state index contributed by atoms with van der Waals surface area (Å²) >= 11 is 0. The second kappa shape index (κ2) is 5.38. The van der Waals surface area contributed by atoms with Gasteiger partial charge in [-0.15, -0.1) is 0 Å². The van der Waals surface area contributed by atoms with E-state index in [4.69, 9.17) is 14.2 Å². The van der Waals surface area contributed by atoms with Gasteiger partial charge in [-0.1, -0.05) is 32.4 Å². The van der Waals surface area contributed by atoms with Gasteiger partial charge in [0.05, 0.1) is 25.4 Å². The van der Waals surface area contributed by atoms with Crippen molar-refractivity contribution in [2.75, 3.05) is 19.8 Å². The molecule has 0 unspecified atom stereocenters. The Bertz CT molecular complexity index is 480. The highest BCUT2D eigenvalue weighted by atomic mass is 16.7. The zero-order chi connectivity index (χ0) is 15.0.